The molecular weight excluding hydrogens is 287 g/mol. The van der Waals surface area contributed by atoms with Gasteiger partial charge in [0.1, 0.15) is 12.2 Å². The zero-order valence-corrected chi connectivity index (χ0v) is 12.8. The summed E-state index contributed by atoms with van der Waals surface area (Å²) >= 11 is 0. The Morgan fingerprint density at radius 1 is 1.20 bits per heavy atom. The van der Waals surface area contributed by atoms with E-state index in [1.54, 1.807) is 0 Å². The Morgan fingerprint density at radius 3 is 2.35 bits per heavy atom. The van der Waals surface area contributed by atoms with Crippen LogP contribution < -0.4 is 0 Å². The van der Waals surface area contributed by atoms with Crippen LogP contribution in [0.5, 0.6) is 0 Å². The van der Waals surface area contributed by atoms with Crippen molar-refractivity contribution >= 4 is 14.0 Å². The Bertz CT molecular complexity index is 352. The zero-order chi connectivity index (χ0) is 15.2. The number of carbonyl (C=O) groups excluding carboxylic acids is 1. The van der Waals surface area contributed by atoms with E-state index in [2.05, 4.69) is 0 Å². The summed E-state index contributed by atoms with van der Waals surface area (Å²) in [7, 11) is -4.60. The third-order valence-electron chi connectivity index (χ3n) is 2.95. The fraction of sp³-hybridized carbons (Fsp3) is 0.917. The minimum atomic E-state index is -4.60. The number of hydrogen-bond acceptors (Lipinski definition) is 5. The van der Waals surface area contributed by atoms with Crippen molar-refractivity contribution < 1.29 is 33.1 Å². The molecule has 118 valence electrons. The maximum Gasteiger partial charge on any atom is 0.508 e. The lowest BCUT2D eigenvalue weighted by atomic mass is 10.1. The molecule has 0 aromatic heterocycles. The van der Waals surface area contributed by atoms with Gasteiger partial charge in [0, 0.05) is 0 Å². The lowest BCUT2D eigenvalue weighted by Gasteiger charge is -2.25. The number of phosphoric ester groups is 1. The van der Waals surface area contributed by atoms with Gasteiger partial charge < -0.3 is 19.3 Å². The molecular formula is C12H23O7P. The highest BCUT2D eigenvalue weighted by molar-refractivity contribution is 7.46. The number of carbonyl (C=O) groups is 1. The van der Waals surface area contributed by atoms with Crippen molar-refractivity contribution in [2.45, 2.75) is 58.2 Å². The van der Waals surface area contributed by atoms with Crippen molar-refractivity contribution in [1.82, 2.24) is 0 Å². The van der Waals surface area contributed by atoms with Crippen LogP contribution in [0.1, 0.15) is 46.0 Å². The maximum atomic E-state index is 11.5. The highest BCUT2D eigenvalue weighted by Crippen LogP contribution is 2.41. The van der Waals surface area contributed by atoms with Gasteiger partial charge in [-0.05, 0) is 25.2 Å². The Balaban J connectivity index is 2.56. The number of hydrogen-bond donors (Lipinski definition) is 2. The molecule has 0 saturated heterocycles. The summed E-state index contributed by atoms with van der Waals surface area (Å²) in [6.07, 6.45) is 1.21. The molecule has 1 aliphatic carbocycles. The summed E-state index contributed by atoms with van der Waals surface area (Å²) in [6, 6.07) is 0. The van der Waals surface area contributed by atoms with E-state index < -0.39 is 26.2 Å². The van der Waals surface area contributed by atoms with Gasteiger partial charge in [0.2, 0.25) is 0 Å². The van der Waals surface area contributed by atoms with Crippen LogP contribution in [0.25, 0.3) is 0 Å². The van der Waals surface area contributed by atoms with Gasteiger partial charge in [0.15, 0.2) is 0 Å². The van der Waals surface area contributed by atoms with Crippen molar-refractivity contribution in [2.75, 3.05) is 6.61 Å². The molecule has 20 heavy (non-hydrogen) atoms. The smallest absolute Gasteiger partial charge is 0.434 e. The Labute approximate surface area is 118 Å². The first-order valence-electron chi connectivity index (χ1n) is 6.85. The Hall–Kier alpha value is -0.620. The number of phosphoric acid groups is 1. The fourth-order valence-electron chi connectivity index (χ4n) is 2.06. The molecule has 0 bridgehead atoms. The summed E-state index contributed by atoms with van der Waals surface area (Å²) in [4.78, 5) is 29.4. The van der Waals surface area contributed by atoms with Crippen molar-refractivity contribution in [1.29, 1.82) is 0 Å². The third-order valence-corrected chi connectivity index (χ3v) is 3.49. The van der Waals surface area contributed by atoms with Crippen molar-refractivity contribution in [3.63, 3.8) is 0 Å². The van der Waals surface area contributed by atoms with E-state index >= 15 is 0 Å². The highest BCUT2D eigenvalue weighted by Gasteiger charge is 2.33. The zero-order valence-electron chi connectivity index (χ0n) is 11.9. The van der Waals surface area contributed by atoms with Gasteiger partial charge in [-0.25, -0.2) is 9.36 Å². The molecule has 7 nitrogen and oxygen atoms in total. The first-order chi connectivity index (χ1) is 9.28. The Morgan fingerprint density at radius 2 is 1.80 bits per heavy atom. The van der Waals surface area contributed by atoms with E-state index in [0.717, 1.165) is 19.3 Å². The molecule has 2 N–H and O–H groups in total. The molecule has 0 aromatic rings. The van der Waals surface area contributed by atoms with Gasteiger partial charge in [-0.1, -0.05) is 26.7 Å². The first kappa shape index (κ1) is 17.4. The van der Waals surface area contributed by atoms with Gasteiger partial charge in [-0.15, -0.1) is 0 Å². The third kappa shape index (κ3) is 7.24. The van der Waals surface area contributed by atoms with Crippen LogP contribution in [-0.2, 0) is 18.6 Å². The van der Waals surface area contributed by atoms with Crippen LogP contribution in [0.15, 0.2) is 0 Å². The van der Waals surface area contributed by atoms with Gasteiger partial charge in [-0.2, -0.15) is 0 Å². The number of ether oxygens (including phenoxy) is 2. The molecule has 0 aromatic carbocycles. The van der Waals surface area contributed by atoms with Crippen LogP contribution in [0.3, 0.4) is 0 Å². The van der Waals surface area contributed by atoms with Crippen molar-refractivity contribution in [2.24, 2.45) is 5.92 Å². The summed E-state index contributed by atoms with van der Waals surface area (Å²) in [5.41, 5.74) is 0. The second-order valence-corrected chi connectivity index (χ2v) is 6.58. The van der Waals surface area contributed by atoms with E-state index in [9.17, 15) is 9.36 Å². The maximum absolute atomic E-state index is 11.5. The molecule has 1 fully saturated rings. The molecule has 1 rings (SSSR count). The standard InChI is InChI=1S/C12H23O7P/c1-9(2)8-17-12(13)18-10-6-4-3-5-7-11(10)19-20(14,15)16/h9-11H,3-8H2,1-2H3,(H2,14,15,16)/t10-,11-/m0/s1. The summed E-state index contributed by atoms with van der Waals surface area (Å²) in [5.74, 6) is 0.193. The lowest BCUT2D eigenvalue weighted by Crippen LogP contribution is -2.32. The van der Waals surface area contributed by atoms with Crippen LogP contribution in [-0.4, -0.2) is 34.8 Å². The average Bonchev–Trinajstić information content (AvgIpc) is 2.51. The molecule has 8 heteroatoms. The topological polar surface area (TPSA) is 102 Å². The van der Waals surface area contributed by atoms with Crippen LogP contribution >= 0.6 is 7.82 Å². The predicted molar refractivity (Wildman–Crippen MR) is 71.1 cm³/mol. The van der Waals surface area contributed by atoms with E-state index in [0.29, 0.717) is 12.8 Å². The van der Waals surface area contributed by atoms with E-state index in [1.165, 1.54) is 0 Å². The summed E-state index contributed by atoms with van der Waals surface area (Å²) in [6.45, 7) is 4.05. The van der Waals surface area contributed by atoms with Crippen molar-refractivity contribution in [3.05, 3.63) is 0 Å². The first-order valence-corrected chi connectivity index (χ1v) is 8.38. The molecule has 0 heterocycles. The molecule has 0 unspecified atom stereocenters. The monoisotopic (exact) mass is 310 g/mol. The second kappa shape index (κ2) is 7.98. The summed E-state index contributed by atoms with van der Waals surface area (Å²) < 4.78 is 25.8. The molecule has 1 aliphatic rings. The van der Waals surface area contributed by atoms with Crippen LogP contribution in [0.4, 0.5) is 4.79 Å². The summed E-state index contributed by atoms with van der Waals surface area (Å²) in [5, 5.41) is 0. The Kier molecular flexibility index (Phi) is 6.95. The van der Waals surface area contributed by atoms with Gasteiger partial charge >= 0.3 is 14.0 Å². The predicted octanol–water partition coefficient (Wildman–Crippen LogP) is 2.61. The minimum Gasteiger partial charge on any atom is -0.434 e. The molecule has 0 aliphatic heterocycles. The molecule has 0 radical (unpaired) electrons. The van der Waals surface area contributed by atoms with Gasteiger partial charge in [0.05, 0.1) is 6.61 Å². The average molecular weight is 310 g/mol. The normalized spacial score (nSPS) is 24.2. The van der Waals surface area contributed by atoms with E-state index in [4.69, 9.17) is 23.8 Å². The van der Waals surface area contributed by atoms with Crippen LogP contribution in [0, 0.1) is 5.92 Å². The van der Waals surface area contributed by atoms with Crippen LogP contribution in [0.2, 0.25) is 0 Å². The van der Waals surface area contributed by atoms with Gasteiger partial charge in [0.25, 0.3) is 0 Å². The molecule has 0 spiro atoms. The highest BCUT2D eigenvalue weighted by atomic mass is 31.2. The molecule has 2 atom stereocenters. The molecule has 1 saturated carbocycles. The fourth-order valence-corrected chi connectivity index (χ4v) is 2.66. The van der Waals surface area contributed by atoms with E-state index in [-0.39, 0.29) is 12.5 Å². The van der Waals surface area contributed by atoms with Crippen molar-refractivity contribution in [3.8, 4) is 0 Å². The van der Waals surface area contributed by atoms with Gasteiger partial charge in [-0.3, -0.25) is 4.52 Å². The largest absolute Gasteiger partial charge is 0.508 e. The lowest BCUT2D eigenvalue weighted by molar-refractivity contribution is -0.0356. The SMILES string of the molecule is CC(C)COC(=O)O[C@H]1CCCCC[C@@H]1OP(=O)(O)O. The second-order valence-electron chi connectivity index (χ2n) is 5.38. The minimum absolute atomic E-state index is 0.193. The molecule has 0 amide bonds. The van der Waals surface area contributed by atoms with E-state index in [1.807, 2.05) is 13.8 Å². The number of rotatable bonds is 5. The quantitative estimate of drug-likeness (QED) is 0.457.